The third-order valence-corrected chi connectivity index (χ3v) is 3.15. The first-order chi connectivity index (χ1) is 8.65. The number of amides is 2. The van der Waals surface area contributed by atoms with E-state index in [1.54, 1.807) is 0 Å². The van der Waals surface area contributed by atoms with Crippen molar-refractivity contribution in [2.24, 2.45) is 5.73 Å². The van der Waals surface area contributed by atoms with Crippen molar-refractivity contribution >= 4 is 11.8 Å². The molecule has 2 rings (SSSR count). The van der Waals surface area contributed by atoms with Gasteiger partial charge < -0.3 is 10.6 Å². The van der Waals surface area contributed by atoms with E-state index in [1.165, 1.54) is 11.1 Å². The molecule has 1 aromatic rings. The number of carbonyl (C=O) groups excluding carboxylic acids is 2. The van der Waals surface area contributed by atoms with Crippen LogP contribution in [0.5, 0.6) is 0 Å². The van der Waals surface area contributed by atoms with Crippen LogP contribution in [0.1, 0.15) is 36.8 Å². The molecule has 1 aliphatic rings. The molecule has 0 aromatic heterocycles. The van der Waals surface area contributed by atoms with Crippen molar-refractivity contribution in [1.82, 2.24) is 4.90 Å². The Morgan fingerprint density at radius 2 is 1.72 bits per heavy atom. The van der Waals surface area contributed by atoms with Gasteiger partial charge in [0.25, 0.3) is 0 Å². The summed E-state index contributed by atoms with van der Waals surface area (Å²) in [4.78, 5) is 24.5. The highest BCUT2D eigenvalue weighted by atomic mass is 16.2. The summed E-state index contributed by atoms with van der Waals surface area (Å²) in [7, 11) is 0. The first-order valence-electron chi connectivity index (χ1n) is 6.29. The van der Waals surface area contributed by atoms with Crippen LogP contribution in [0.2, 0.25) is 0 Å². The fraction of sp³-hybridized carbons (Fsp3) is 0.429. The molecule has 0 spiro atoms. The van der Waals surface area contributed by atoms with Crippen LogP contribution in [-0.4, -0.2) is 16.7 Å². The molecule has 0 radical (unpaired) electrons. The molecule has 2 N–H and O–H groups in total. The minimum absolute atomic E-state index is 0.159. The number of nitrogens with two attached hydrogens (primary N) is 1. The van der Waals surface area contributed by atoms with Gasteiger partial charge in [-0.25, -0.2) is 0 Å². The van der Waals surface area contributed by atoms with Gasteiger partial charge in [-0.1, -0.05) is 24.3 Å². The normalized spacial score (nSPS) is 13.4. The molecule has 0 atom stereocenters. The molecular formula is C14H18N2O2. The van der Waals surface area contributed by atoms with Crippen LogP contribution in [0.25, 0.3) is 0 Å². The number of carbonyl (C=O) groups is 2. The summed E-state index contributed by atoms with van der Waals surface area (Å²) in [5, 5.41) is 0. The summed E-state index contributed by atoms with van der Waals surface area (Å²) >= 11 is 0. The van der Waals surface area contributed by atoms with E-state index in [0.29, 0.717) is 32.4 Å². The number of hydrogen-bond acceptors (Lipinski definition) is 2. The Kier molecular flexibility index (Phi) is 3.97. The number of nitrogens with zero attached hydrogens (tertiary/aromatic N) is 1. The van der Waals surface area contributed by atoms with Crippen LogP contribution in [0.15, 0.2) is 24.3 Å². The van der Waals surface area contributed by atoms with E-state index >= 15 is 0 Å². The quantitative estimate of drug-likeness (QED) is 0.802. The third kappa shape index (κ3) is 3.32. The maximum absolute atomic E-state index is 12.0. The minimum Gasteiger partial charge on any atom is -0.370 e. The fourth-order valence-corrected chi connectivity index (χ4v) is 2.23. The number of rotatable bonds is 5. The Morgan fingerprint density at radius 1 is 1.11 bits per heavy atom. The number of unbranched alkanes of at least 4 members (excludes halogenated alkanes) is 1. The standard InChI is InChI=1S/C14H18N2O2/c15-13(17)6-1-2-7-14(18)16-9-11-4-3-5-12(8-11)10-16/h3-5,8H,1-2,6-7,9-10H2,(H2,15,17). The van der Waals surface area contributed by atoms with Crippen LogP contribution >= 0.6 is 0 Å². The Bertz CT molecular complexity index is 436. The Labute approximate surface area is 107 Å². The molecule has 1 aromatic carbocycles. The van der Waals surface area contributed by atoms with E-state index in [2.05, 4.69) is 6.07 Å². The number of benzene rings is 1. The lowest BCUT2D eigenvalue weighted by Gasteiger charge is -2.27. The smallest absolute Gasteiger partial charge is 0.223 e. The van der Waals surface area contributed by atoms with Crippen LogP contribution < -0.4 is 5.73 Å². The highest BCUT2D eigenvalue weighted by Gasteiger charge is 2.18. The van der Waals surface area contributed by atoms with E-state index in [-0.39, 0.29) is 11.8 Å². The van der Waals surface area contributed by atoms with Gasteiger partial charge in [-0.05, 0) is 24.0 Å². The SMILES string of the molecule is NC(=O)CCCCC(=O)N1Cc2cccc(c2)C1. The first-order valence-corrected chi connectivity index (χ1v) is 6.29. The molecule has 1 aliphatic heterocycles. The van der Waals surface area contributed by atoms with Crippen LogP contribution in [-0.2, 0) is 22.7 Å². The van der Waals surface area contributed by atoms with Gasteiger partial charge >= 0.3 is 0 Å². The Morgan fingerprint density at radius 3 is 2.33 bits per heavy atom. The average Bonchev–Trinajstić information content (AvgIpc) is 2.33. The van der Waals surface area contributed by atoms with Crippen LogP contribution in [0.4, 0.5) is 0 Å². The number of hydrogen-bond donors (Lipinski definition) is 1. The summed E-state index contributed by atoms with van der Waals surface area (Å²) in [5.74, 6) is -0.137. The lowest BCUT2D eigenvalue weighted by atomic mass is 10.0. The lowest BCUT2D eigenvalue weighted by molar-refractivity contribution is -0.133. The molecule has 96 valence electrons. The molecule has 4 nitrogen and oxygen atoms in total. The second kappa shape index (κ2) is 5.67. The highest BCUT2D eigenvalue weighted by Crippen LogP contribution is 2.19. The topological polar surface area (TPSA) is 63.4 Å². The van der Waals surface area contributed by atoms with Gasteiger partial charge in [-0.2, -0.15) is 0 Å². The second-order valence-corrected chi connectivity index (χ2v) is 4.74. The van der Waals surface area contributed by atoms with Gasteiger partial charge in [0.15, 0.2) is 0 Å². The van der Waals surface area contributed by atoms with E-state index in [0.717, 1.165) is 6.42 Å². The molecule has 1 heterocycles. The predicted octanol–water partition coefficient (Wildman–Crippen LogP) is 1.57. The van der Waals surface area contributed by atoms with E-state index in [9.17, 15) is 9.59 Å². The van der Waals surface area contributed by atoms with Gasteiger partial charge in [0.05, 0.1) is 0 Å². The van der Waals surface area contributed by atoms with Crippen molar-refractivity contribution in [2.75, 3.05) is 0 Å². The monoisotopic (exact) mass is 246 g/mol. The molecule has 0 saturated heterocycles. The summed E-state index contributed by atoms with van der Waals surface area (Å²) in [5.41, 5.74) is 7.43. The summed E-state index contributed by atoms with van der Waals surface area (Å²) in [6.45, 7) is 1.39. The van der Waals surface area contributed by atoms with Crippen LogP contribution in [0.3, 0.4) is 0 Å². The van der Waals surface area contributed by atoms with E-state index < -0.39 is 0 Å². The van der Waals surface area contributed by atoms with Gasteiger partial charge in [-0.15, -0.1) is 0 Å². The second-order valence-electron chi connectivity index (χ2n) is 4.74. The van der Waals surface area contributed by atoms with Crippen LogP contribution in [0, 0.1) is 0 Å². The Balaban J connectivity index is 1.79. The third-order valence-electron chi connectivity index (χ3n) is 3.15. The number of fused-ring (bicyclic) bond motifs is 2. The maximum Gasteiger partial charge on any atom is 0.223 e. The largest absolute Gasteiger partial charge is 0.370 e. The molecule has 18 heavy (non-hydrogen) atoms. The van der Waals surface area contributed by atoms with Crippen molar-refractivity contribution < 1.29 is 9.59 Å². The van der Waals surface area contributed by atoms with Crippen molar-refractivity contribution in [1.29, 1.82) is 0 Å². The molecule has 0 fully saturated rings. The molecule has 0 saturated carbocycles. The zero-order valence-corrected chi connectivity index (χ0v) is 10.4. The zero-order valence-electron chi connectivity index (χ0n) is 10.4. The fourth-order valence-electron chi connectivity index (χ4n) is 2.23. The van der Waals surface area contributed by atoms with E-state index in [1.807, 2.05) is 23.1 Å². The summed E-state index contributed by atoms with van der Waals surface area (Å²) in [6, 6.07) is 8.24. The summed E-state index contributed by atoms with van der Waals surface area (Å²) < 4.78 is 0. The molecular weight excluding hydrogens is 228 g/mol. The first kappa shape index (κ1) is 12.6. The number of primary amides is 1. The predicted molar refractivity (Wildman–Crippen MR) is 68.4 cm³/mol. The minimum atomic E-state index is -0.296. The average molecular weight is 246 g/mol. The lowest BCUT2D eigenvalue weighted by Crippen LogP contribution is -2.32. The zero-order chi connectivity index (χ0) is 13.0. The molecule has 2 bridgehead atoms. The van der Waals surface area contributed by atoms with Gasteiger partial charge in [0.1, 0.15) is 0 Å². The van der Waals surface area contributed by atoms with E-state index in [4.69, 9.17) is 5.73 Å². The van der Waals surface area contributed by atoms with Crippen molar-refractivity contribution in [2.45, 2.75) is 38.8 Å². The van der Waals surface area contributed by atoms with Gasteiger partial charge in [0.2, 0.25) is 11.8 Å². The molecule has 2 amide bonds. The molecule has 0 aliphatic carbocycles. The van der Waals surface area contributed by atoms with Crippen molar-refractivity contribution in [3.05, 3.63) is 35.4 Å². The van der Waals surface area contributed by atoms with Crippen molar-refractivity contribution in [3.8, 4) is 0 Å². The van der Waals surface area contributed by atoms with Crippen molar-refractivity contribution in [3.63, 3.8) is 0 Å². The van der Waals surface area contributed by atoms with Gasteiger partial charge in [0, 0.05) is 25.9 Å². The molecule has 4 heteroatoms. The highest BCUT2D eigenvalue weighted by molar-refractivity contribution is 5.77. The Hall–Kier alpha value is -1.84. The maximum atomic E-state index is 12.0. The van der Waals surface area contributed by atoms with Gasteiger partial charge in [-0.3, -0.25) is 9.59 Å². The summed E-state index contributed by atoms with van der Waals surface area (Å²) in [6.07, 6.45) is 2.29. The molecule has 0 unspecified atom stereocenters.